The minimum absolute atomic E-state index is 0.0206. The number of aryl methyl sites for hydroxylation is 1. The van der Waals surface area contributed by atoms with Crippen molar-refractivity contribution < 1.29 is 14.3 Å². The zero-order chi connectivity index (χ0) is 23.9. The monoisotopic (exact) mass is 456 g/mol. The topological polar surface area (TPSA) is 87.0 Å². The number of likely N-dealkylation sites (tertiary alicyclic amines) is 1. The number of ketones is 1. The summed E-state index contributed by atoms with van der Waals surface area (Å²) in [5.41, 5.74) is 3.80. The number of aromatic nitrogens is 4. The molecule has 0 saturated carbocycles. The Morgan fingerprint density at radius 1 is 1.09 bits per heavy atom. The van der Waals surface area contributed by atoms with E-state index >= 15 is 0 Å². The first-order chi connectivity index (χ1) is 16.4. The molecule has 0 radical (unpaired) electrons. The number of carbonyl (C=O) groups excluding carboxylic acids is 2. The number of benzene rings is 1. The second-order valence-corrected chi connectivity index (χ2v) is 8.68. The Bertz CT molecular complexity index is 1400. The van der Waals surface area contributed by atoms with E-state index in [0.717, 1.165) is 53.1 Å². The first-order valence-electron chi connectivity index (χ1n) is 11.3. The van der Waals surface area contributed by atoms with E-state index in [2.05, 4.69) is 15.1 Å². The van der Waals surface area contributed by atoms with Crippen LogP contribution in [-0.4, -0.2) is 51.6 Å². The molecule has 4 aromatic rings. The van der Waals surface area contributed by atoms with Crippen molar-refractivity contribution in [3.05, 3.63) is 66.1 Å². The number of rotatable bonds is 6. The van der Waals surface area contributed by atoms with Gasteiger partial charge in [-0.15, -0.1) is 0 Å². The summed E-state index contributed by atoms with van der Waals surface area (Å²) in [4.78, 5) is 34.9. The molecule has 0 spiro atoms. The summed E-state index contributed by atoms with van der Waals surface area (Å²) in [6.07, 6.45) is 2.70. The Labute approximate surface area is 197 Å². The van der Waals surface area contributed by atoms with Crippen molar-refractivity contribution in [3.8, 4) is 17.0 Å². The lowest BCUT2D eigenvalue weighted by molar-refractivity contribution is -0.134. The fourth-order valence-electron chi connectivity index (χ4n) is 4.52. The second kappa shape index (κ2) is 8.46. The molecule has 1 saturated heterocycles. The van der Waals surface area contributed by atoms with Gasteiger partial charge in [0.15, 0.2) is 12.3 Å². The summed E-state index contributed by atoms with van der Waals surface area (Å²) in [7, 11) is 1.57. The molecular formula is C26H26N5O3+. The van der Waals surface area contributed by atoms with Crippen LogP contribution >= 0.6 is 0 Å². The van der Waals surface area contributed by atoms with Gasteiger partial charge in [0, 0.05) is 48.3 Å². The van der Waals surface area contributed by atoms with Crippen molar-refractivity contribution in [2.45, 2.75) is 26.8 Å². The molecule has 1 aromatic carbocycles. The molecule has 0 atom stereocenters. The van der Waals surface area contributed by atoms with Crippen molar-refractivity contribution in [2.75, 3.05) is 20.2 Å². The highest BCUT2D eigenvalue weighted by molar-refractivity contribution is 6.06. The van der Waals surface area contributed by atoms with E-state index in [9.17, 15) is 9.59 Å². The first-order valence-corrected chi connectivity index (χ1v) is 11.3. The minimum atomic E-state index is -0.144. The van der Waals surface area contributed by atoms with E-state index in [1.54, 1.807) is 24.1 Å². The number of pyridine rings is 2. The molecule has 5 rings (SSSR count). The lowest BCUT2D eigenvalue weighted by Gasteiger charge is -2.41. The van der Waals surface area contributed by atoms with Crippen LogP contribution in [0.3, 0.4) is 0 Å². The second-order valence-electron chi connectivity index (χ2n) is 8.68. The maximum atomic E-state index is 13.6. The molecule has 0 bridgehead atoms. The lowest BCUT2D eigenvalue weighted by Crippen LogP contribution is -2.64. The molecule has 0 aliphatic carbocycles. The number of carbonyl (C=O) groups is 2. The first kappa shape index (κ1) is 21.9. The molecule has 1 amide bonds. The van der Waals surface area contributed by atoms with E-state index < -0.39 is 0 Å². The highest BCUT2D eigenvalue weighted by atomic mass is 16.5. The number of quaternary nitrogens is 1. The number of nitrogens with zero attached hydrogens (tertiary/aromatic N) is 5. The van der Waals surface area contributed by atoms with Crippen LogP contribution in [0.5, 0.6) is 5.88 Å². The molecule has 0 N–H and O–H groups in total. The number of fused-ring (bicyclic) bond motifs is 1. The summed E-state index contributed by atoms with van der Waals surface area (Å²) in [6.45, 7) is 4.95. The molecule has 8 heteroatoms. The molecule has 8 nitrogen and oxygen atoms in total. The smallest absolute Gasteiger partial charge is 0.341 e. The number of ether oxygens (including phenoxy) is 1. The van der Waals surface area contributed by atoms with Crippen molar-refractivity contribution in [3.63, 3.8) is 0 Å². The fraction of sp³-hybridized carbons (Fsp3) is 0.269. The minimum Gasteiger partial charge on any atom is -0.481 e. The predicted octanol–water partition coefficient (Wildman–Crippen LogP) is 3.95. The molecular weight excluding hydrogens is 430 g/mol. The van der Waals surface area contributed by atoms with E-state index in [0.29, 0.717) is 11.6 Å². The summed E-state index contributed by atoms with van der Waals surface area (Å²) in [6, 6.07) is 15.3. The number of hydrogen-bond donors (Lipinski definition) is 0. The molecule has 1 aliphatic heterocycles. The van der Waals surface area contributed by atoms with Crippen LogP contribution in [0.1, 0.15) is 29.5 Å². The maximum Gasteiger partial charge on any atom is 0.341 e. The number of hydrogen-bond acceptors (Lipinski definition) is 6. The third-order valence-electron chi connectivity index (χ3n) is 6.52. The van der Waals surface area contributed by atoms with Crippen LogP contribution in [-0.2, 0) is 11.3 Å². The molecule has 3 aromatic heterocycles. The zero-order valence-electron chi connectivity index (χ0n) is 19.5. The van der Waals surface area contributed by atoms with Crippen LogP contribution in [0.2, 0.25) is 0 Å². The molecule has 4 heterocycles. The van der Waals surface area contributed by atoms with Crippen LogP contribution in [0.4, 0.5) is 5.82 Å². The standard InChI is InChI=1S/C26H26N5O3/c1-17-6-4-7-23(28-17)31(12-5-13-31)25(33)16-30-22-10-8-19(14-21(22)26(29-30)18(2)32)20-9-11-24(34-3)27-15-20/h4,6-11,14-15H,5,12-13,16H2,1-3H3/q+1. The Morgan fingerprint density at radius 2 is 1.88 bits per heavy atom. The molecule has 34 heavy (non-hydrogen) atoms. The quantitative estimate of drug-likeness (QED) is 0.323. The third-order valence-corrected chi connectivity index (χ3v) is 6.52. The Kier molecular flexibility index (Phi) is 5.45. The van der Waals surface area contributed by atoms with Crippen LogP contribution < -0.4 is 9.22 Å². The van der Waals surface area contributed by atoms with Crippen LogP contribution in [0.15, 0.2) is 54.7 Å². The predicted molar refractivity (Wildman–Crippen MR) is 130 cm³/mol. The number of amides is 1. The van der Waals surface area contributed by atoms with Crippen molar-refractivity contribution in [1.29, 1.82) is 0 Å². The van der Waals surface area contributed by atoms with Crippen molar-refractivity contribution in [2.24, 2.45) is 0 Å². The number of Topliss-reactive ketones (excluding diaryl/α,β-unsaturated/α-hetero) is 1. The summed E-state index contributed by atoms with van der Waals surface area (Å²) < 4.78 is 7.01. The SMILES string of the molecule is COc1ccc(-c2ccc3c(c2)c(C(C)=O)nn3CC(=O)[N+]2(c3cccc(C)n3)CCC2)cn1. The van der Waals surface area contributed by atoms with Gasteiger partial charge in [-0.2, -0.15) is 5.10 Å². The fourth-order valence-corrected chi connectivity index (χ4v) is 4.52. The number of methoxy groups -OCH3 is 1. The van der Waals surface area contributed by atoms with E-state index in [-0.39, 0.29) is 22.7 Å². The molecule has 1 aliphatic rings. The van der Waals surface area contributed by atoms with Crippen LogP contribution in [0, 0.1) is 6.92 Å². The molecule has 1 fully saturated rings. The van der Waals surface area contributed by atoms with E-state index in [4.69, 9.17) is 4.74 Å². The normalized spacial score (nSPS) is 14.6. The lowest BCUT2D eigenvalue weighted by atomic mass is 10.0. The largest absolute Gasteiger partial charge is 0.481 e. The van der Waals surface area contributed by atoms with Gasteiger partial charge < -0.3 is 4.74 Å². The van der Waals surface area contributed by atoms with Gasteiger partial charge in [0.05, 0.1) is 25.7 Å². The Balaban J connectivity index is 1.52. The highest BCUT2D eigenvalue weighted by Crippen LogP contribution is 2.31. The van der Waals surface area contributed by atoms with Gasteiger partial charge in [-0.3, -0.25) is 9.48 Å². The van der Waals surface area contributed by atoms with Crippen molar-refractivity contribution >= 4 is 28.4 Å². The Morgan fingerprint density at radius 3 is 2.50 bits per heavy atom. The highest BCUT2D eigenvalue weighted by Gasteiger charge is 2.46. The molecule has 0 unspecified atom stereocenters. The summed E-state index contributed by atoms with van der Waals surface area (Å²) in [5.74, 6) is 1.18. The zero-order valence-corrected chi connectivity index (χ0v) is 19.5. The van der Waals surface area contributed by atoms with E-state index in [1.165, 1.54) is 6.92 Å². The van der Waals surface area contributed by atoms with Crippen LogP contribution in [0.25, 0.3) is 22.0 Å². The van der Waals surface area contributed by atoms with Gasteiger partial charge in [-0.05, 0) is 36.8 Å². The van der Waals surface area contributed by atoms with Gasteiger partial charge in [-0.1, -0.05) is 12.1 Å². The van der Waals surface area contributed by atoms with Gasteiger partial charge >= 0.3 is 5.91 Å². The van der Waals surface area contributed by atoms with E-state index in [1.807, 2.05) is 49.4 Å². The van der Waals surface area contributed by atoms with Gasteiger partial charge in [0.1, 0.15) is 5.69 Å². The Hall–Kier alpha value is -3.91. The maximum absolute atomic E-state index is 13.6. The van der Waals surface area contributed by atoms with Crippen molar-refractivity contribution in [1.82, 2.24) is 24.2 Å². The van der Waals surface area contributed by atoms with Gasteiger partial charge in [-0.25, -0.2) is 19.2 Å². The summed E-state index contributed by atoms with van der Waals surface area (Å²) >= 11 is 0. The average Bonchev–Trinajstić information content (AvgIpc) is 3.16. The van der Waals surface area contributed by atoms with Gasteiger partial charge in [0.2, 0.25) is 11.7 Å². The molecule has 172 valence electrons. The summed E-state index contributed by atoms with van der Waals surface area (Å²) in [5, 5.41) is 5.27. The average molecular weight is 457 g/mol. The van der Waals surface area contributed by atoms with Gasteiger partial charge in [0.25, 0.3) is 0 Å². The third kappa shape index (κ3) is 3.66.